The van der Waals surface area contributed by atoms with Crippen LogP contribution in [0.2, 0.25) is 0 Å². The molecule has 0 heterocycles. The zero-order valence-electron chi connectivity index (χ0n) is 9.53. The summed E-state index contributed by atoms with van der Waals surface area (Å²) in [6.45, 7) is 4.09. The number of hydrogen-bond acceptors (Lipinski definition) is 3. The molecule has 3 nitrogen and oxygen atoms in total. The van der Waals surface area contributed by atoms with Gasteiger partial charge in [-0.25, -0.2) is 0 Å². The molecule has 1 aromatic rings. The first-order valence-corrected chi connectivity index (χ1v) is 4.85. The first-order valence-electron chi connectivity index (χ1n) is 4.85. The van der Waals surface area contributed by atoms with E-state index in [1.54, 1.807) is 20.3 Å². The Morgan fingerprint density at radius 3 is 2.27 bits per heavy atom. The van der Waals surface area contributed by atoms with E-state index in [1.807, 2.05) is 19.9 Å². The molecule has 0 aliphatic carbocycles. The van der Waals surface area contributed by atoms with Crippen molar-refractivity contribution in [2.24, 2.45) is 0 Å². The van der Waals surface area contributed by atoms with Crippen LogP contribution < -0.4 is 9.47 Å². The molecule has 0 radical (unpaired) electrons. The van der Waals surface area contributed by atoms with Crippen molar-refractivity contribution in [2.75, 3.05) is 14.2 Å². The maximum absolute atomic E-state index is 10.8. The van der Waals surface area contributed by atoms with E-state index in [1.165, 1.54) is 0 Å². The molecule has 0 saturated heterocycles. The molecule has 1 aromatic carbocycles. The fourth-order valence-corrected chi connectivity index (χ4v) is 1.51. The molecule has 0 aliphatic rings. The van der Waals surface area contributed by atoms with Crippen LogP contribution in [0.15, 0.2) is 12.1 Å². The van der Waals surface area contributed by atoms with Gasteiger partial charge < -0.3 is 9.47 Å². The highest BCUT2D eigenvalue weighted by atomic mass is 16.5. The minimum Gasteiger partial charge on any atom is -0.493 e. The topological polar surface area (TPSA) is 35.5 Å². The van der Waals surface area contributed by atoms with Gasteiger partial charge in [-0.2, -0.15) is 0 Å². The van der Waals surface area contributed by atoms with Crippen molar-refractivity contribution in [1.29, 1.82) is 0 Å². The van der Waals surface area contributed by atoms with Gasteiger partial charge in [0, 0.05) is 11.1 Å². The summed E-state index contributed by atoms with van der Waals surface area (Å²) < 4.78 is 10.5. The number of aldehydes is 1. The molecule has 82 valence electrons. The predicted octanol–water partition coefficient (Wildman–Crippen LogP) is 2.64. The van der Waals surface area contributed by atoms with E-state index in [-0.39, 0.29) is 5.92 Å². The van der Waals surface area contributed by atoms with Crippen LogP contribution in [-0.4, -0.2) is 20.5 Å². The van der Waals surface area contributed by atoms with Crippen LogP contribution >= 0.6 is 0 Å². The Labute approximate surface area is 90.0 Å². The van der Waals surface area contributed by atoms with Gasteiger partial charge in [0.1, 0.15) is 6.29 Å². The van der Waals surface area contributed by atoms with Crippen LogP contribution in [0, 0.1) is 0 Å². The summed E-state index contributed by atoms with van der Waals surface area (Å²) >= 11 is 0. The largest absolute Gasteiger partial charge is 0.493 e. The Morgan fingerprint density at radius 2 is 1.87 bits per heavy atom. The highest BCUT2D eigenvalue weighted by Gasteiger charge is 2.14. The summed E-state index contributed by atoms with van der Waals surface area (Å²) in [6, 6.07) is 3.51. The molecule has 3 heteroatoms. The van der Waals surface area contributed by atoms with Crippen molar-refractivity contribution < 1.29 is 14.3 Å². The van der Waals surface area contributed by atoms with E-state index in [9.17, 15) is 4.79 Å². The molecule has 0 N–H and O–H groups in total. The minimum absolute atomic E-state index is 0.286. The molecular weight excluding hydrogens is 192 g/mol. The lowest BCUT2D eigenvalue weighted by Gasteiger charge is -2.15. The summed E-state index contributed by atoms with van der Waals surface area (Å²) in [6.07, 6.45) is 0.813. The third-order valence-electron chi connectivity index (χ3n) is 2.29. The van der Waals surface area contributed by atoms with Gasteiger partial charge in [-0.3, -0.25) is 4.79 Å². The maximum atomic E-state index is 10.8. The fourth-order valence-electron chi connectivity index (χ4n) is 1.51. The fraction of sp³-hybridized carbons (Fsp3) is 0.417. The lowest BCUT2D eigenvalue weighted by atomic mass is 9.99. The van der Waals surface area contributed by atoms with Crippen LogP contribution in [0.4, 0.5) is 0 Å². The van der Waals surface area contributed by atoms with Crippen molar-refractivity contribution >= 4 is 6.29 Å². The molecule has 0 aromatic heterocycles. The number of methoxy groups -OCH3 is 2. The zero-order chi connectivity index (χ0) is 11.4. The first-order chi connectivity index (χ1) is 7.13. The normalized spacial score (nSPS) is 10.2. The highest BCUT2D eigenvalue weighted by Crippen LogP contribution is 2.36. The minimum atomic E-state index is 0.286. The first kappa shape index (κ1) is 11.6. The number of ether oxygens (including phenoxy) is 2. The van der Waals surface area contributed by atoms with E-state index in [0.29, 0.717) is 17.1 Å². The summed E-state index contributed by atoms with van der Waals surface area (Å²) in [4.78, 5) is 10.8. The van der Waals surface area contributed by atoms with Crippen molar-refractivity contribution in [2.45, 2.75) is 19.8 Å². The van der Waals surface area contributed by atoms with Gasteiger partial charge in [0.2, 0.25) is 0 Å². The second-order valence-corrected chi connectivity index (χ2v) is 3.62. The molecule has 0 bridgehead atoms. The van der Waals surface area contributed by atoms with E-state index < -0.39 is 0 Å². The Morgan fingerprint density at radius 1 is 1.20 bits per heavy atom. The Hall–Kier alpha value is -1.51. The van der Waals surface area contributed by atoms with E-state index in [4.69, 9.17) is 9.47 Å². The molecule has 0 saturated carbocycles. The predicted molar refractivity (Wildman–Crippen MR) is 59.0 cm³/mol. The Kier molecular flexibility index (Phi) is 3.72. The molecule has 0 spiro atoms. The van der Waals surface area contributed by atoms with Gasteiger partial charge in [-0.05, 0) is 18.1 Å². The van der Waals surface area contributed by atoms with Crippen molar-refractivity contribution in [1.82, 2.24) is 0 Å². The molecule has 0 fully saturated rings. The lowest BCUT2D eigenvalue weighted by Crippen LogP contribution is -1.99. The van der Waals surface area contributed by atoms with E-state index >= 15 is 0 Å². The summed E-state index contributed by atoms with van der Waals surface area (Å²) in [5.74, 6) is 1.60. The molecular formula is C12H16O3. The monoisotopic (exact) mass is 208 g/mol. The smallest absolute Gasteiger partial charge is 0.164 e. The average Bonchev–Trinajstić information content (AvgIpc) is 2.26. The molecule has 15 heavy (non-hydrogen) atoms. The van der Waals surface area contributed by atoms with Crippen molar-refractivity contribution in [3.63, 3.8) is 0 Å². The SMILES string of the molecule is COc1cc(C=O)cc(C(C)C)c1OC. The van der Waals surface area contributed by atoms with Crippen molar-refractivity contribution in [3.8, 4) is 11.5 Å². The number of rotatable bonds is 4. The van der Waals surface area contributed by atoms with Crippen LogP contribution in [-0.2, 0) is 0 Å². The summed E-state index contributed by atoms with van der Waals surface area (Å²) in [5, 5.41) is 0. The van der Waals surface area contributed by atoms with E-state index in [0.717, 1.165) is 11.8 Å². The van der Waals surface area contributed by atoms with Gasteiger partial charge in [-0.1, -0.05) is 13.8 Å². The van der Waals surface area contributed by atoms with Gasteiger partial charge in [0.15, 0.2) is 11.5 Å². The van der Waals surface area contributed by atoms with Gasteiger partial charge in [0.05, 0.1) is 14.2 Å². The van der Waals surface area contributed by atoms with Gasteiger partial charge in [-0.15, -0.1) is 0 Å². The third-order valence-corrected chi connectivity index (χ3v) is 2.29. The number of carbonyl (C=O) groups excluding carboxylic acids is 1. The van der Waals surface area contributed by atoms with Crippen molar-refractivity contribution in [3.05, 3.63) is 23.3 Å². The number of hydrogen-bond donors (Lipinski definition) is 0. The van der Waals surface area contributed by atoms with Crippen LogP contribution in [0.3, 0.4) is 0 Å². The quantitative estimate of drug-likeness (QED) is 0.713. The molecule has 0 aliphatic heterocycles. The van der Waals surface area contributed by atoms with Crippen LogP contribution in [0.25, 0.3) is 0 Å². The van der Waals surface area contributed by atoms with Gasteiger partial charge in [0.25, 0.3) is 0 Å². The van der Waals surface area contributed by atoms with Gasteiger partial charge >= 0.3 is 0 Å². The summed E-state index contributed by atoms with van der Waals surface area (Å²) in [7, 11) is 3.17. The summed E-state index contributed by atoms with van der Waals surface area (Å²) in [5.41, 5.74) is 1.59. The zero-order valence-corrected chi connectivity index (χ0v) is 9.53. The second-order valence-electron chi connectivity index (χ2n) is 3.62. The number of benzene rings is 1. The highest BCUT2D eigenvalue weighted by molar-refractivity contribution is 5.77. The van der Waals surface area contributed by atoms with Crippen LogP contribution in [0.5, 0.6) is 11.5 Å². The average molecular weight is 208 g/mol. The second kappa shape index (κ2) is 4.82. The van der Waals surface area contributed by atoms with E-state index in [2.05, 4.69) is 0 Å². The lowest BCUT2D eigenvalue weighted by molar-refractivity contribution is 0.112. The Bertz CT molecular complexity index is 356. The molecule has 1 rings (SSSR count). The third kappa shape index (κ3) is 2.29. The number of carbonyl (C=O) groups is 1. The Balaban J connectivity index is 3.38. The maximum Gasteiger partial charge on any atom is 0.164 e. The standard InChI is InChI=1S/C12H16O3/c1-8(2)10-5-9(7-13)6-11(14-3)12(10)15-4/h5-8H,1-4H3. The molecule has 0 unspecified atom stereocenters. The van der Waals surface area contributed by atoms with Crippen LogP contribution in [0.1, 0.15) is 35.7 Å². The molecule has 0 atom stereocenters. The molecule has 0 amide bonds.